The fourth-order valence-electron chi connectivity index (χ4n) is 4.82. The molecule has 0 aromatic heterocycles. The molecule has 0 bridgehead atoms. The Balaban J connectivity index is 1.57. The van der Waals surface area contributed by atoms with Crippen molar-refractivity contribution in [2.24, 2.45) is 5.41 Å². The summed E-state index contributed by atoms with van der Waals surface area (Å²) in [6.45, 7) is 0.546. The Labute approximate surface area is 187 Å². The van der Waals surface area contributed by atoms with Crippen LogP contribution in [0, 0.1) is 5.41 Å². The van der Waals surface area contributed by atoms with Crippen molar-refractivity contribution >= 4 is 35.4 Å². The van der Waals surface area contributed by atoms with Gasteiger partial charge < -0.3 is 15.0 Å². The van der Waals surface area contributed by atoms with Crippen molar-refractivity contribution in [1.29, 1.82) is 0 Å². The SMILES string of the molecule is O=CC(Cc1ccccc1)NC(=O)C1(C(=O)N2CCc3ccc(Cl)cc32)CCCCC1. The van der Waals surface area contributed by atoms with Crippen LogP contribution < -0.4 is 10.2 Å². The number of carbonyl (C=O) groups excluding carboxylic acids is 3. The number of halogens is 1. The summed E-state index contributed by atoms with van der Waals surface area (Å²) in [4.78, 5) is 40.8. The smallest absolute Gasteiger partial charge is 0.242 e. The van der Waals surface area contributed by atoms with Gasteiger partial charge in [0.05, 0.1) is 6.04 Å². The van der Waals surface area contributed by atoms with Crippen LogP contribution in [-0.2, 0) is 27.2 Å². The Morgan fingerprint density at radius 2 is 1.84 bits per heavy atom. The van der Waals surface area contributed by atoms with Crippen LogP contribution in [0.4, 0.5) is 5.69 Å². The second-order valence-corrected chi connectivity index (χ2v) is 8.96. The maximum absolute atomic E-state index is 13.8. The zero-order chi connectivity index (χ0) is 21.8. The van der Waals surface area contributed by atoms with E-state index in [1.165, 1.54) is 0 Å². The van der Waals surface area contributed by atoms with Gasteiger partial charge in [0.25, 0.3) is 0 Å². The molecule has 0 spiro atoms. The molecule has 0 saturated heterocycles. The molecular weight excluding hydrogens is 412 g/mol. The maximum Gasteiger partial charge on any atom is 0.242 e. The summed E-state index contributed by atoms with van der Waals surface area (Å²) in [5.41, 5.74) is 1.69. The van der Waals surface area contributed by atoms with E-state index in [1.54, 1.807) is 11.0 Å². The van der Waals surface area contributed by atoms with Gasteiger partial charge in [0.15, 0.2) is 0 Å². The molecule has 1 fully saturated rings. The number of benzene rings is 2. The van der Waals surface area contributed by atoms with Gasteiger partial charge in [-0.05, 0) is 48.9 Å². The maximum atomic E-state index is 13.8. The molecular formula is C25H27ClN2O3. The van der Waals surface area contributed by atoms with Crippen LogP contribution in [-0.4, -0.2) is 30.7 Å². The molecule has 2 aliphatic rings. The van der Waals surface area contributed by atoms with Crippen LogP contribution in [0.25, 0.3) is 0 Å². The molecule has 1 unspecified atom stereocenters. The molecule has 0 radical (unpaired) electrons. The molecule has 1 atom stereocenters. The van der Waals surface area contributed by atoms with Gasteiger partial charge in [-0.2, -0.15) is 0 Å². The van der Waals surface area contributed by atoms with Crippen LogP contribution >= 0.6 is 11.6 Å². The van der Waals surface area contributed by atoms with Gasteiger partial charge in [-0.15, -0.1) is 0 Å². The van der Waals surface area contributed by atoms with E-state index >= 15 is 0 Å². The standard InChI is InChI=1S/C25H27ClN2O3/c26-20-10-9-19-11-14-28(22(19)16-20)24(31)25(12-5-2-6-13-25)23(30)27-21(17-29)15-18-7-3-1-4-8-18/h1,3-4,7-10,16-17,21H,2,5-6,11-15H2,(H,27,30). The van der Waals surface area contributed by atoms with E-state index in [9.17, 15) is 14.4 Å². The Kier molecular flexibility index (Phi) is 6.42. The number of hydrogen-bond acceptors (Lipinski definition) is 3. The van der Waals surface area contributed by atoms with Crippen LogP contribution in [0.15, 0.2) is 48.5 Å². The zero-order valence-corrected chi connectivity index (χ0v) is 18.2. The third-order valence-corrected chi connectivity index (χ3v) is 6.75. The number of aldehydes is 1. The second-order valence-electron chi connectivity index (χ2n) is 8.53. The van der Waals surface area contributed by atoms with Crippen molar-refractivity contribution < 1.29 is 14.4 Å². The summed E-state index contributed by atoms with van der Waals surface area (Å²) < 4.78 is 0. The van der Waals surface area contributed by atoms with Crippen molar-refractivity contribution in [2.75, 3.05) is 11.4 Å². The molecule has 1 aliphatic heterocycles. The highest BCUT2D eigenvalue weighted by Crippen LogP contribution is 2.42. The van der Waals surface area contributed by atoms with E-state index in [1.807, 2.05) is 42.5 Å². The molecule has 1 saturated carbocycles. The fourth-order valence-corrected chi connectivity index (χ4v) is 4.99. The van der Waals surface area contributed by atoms with Crippen molar-refractivity contribution in [1.82, 2.24) is 5.32 Å². The summed E-state index contributed by atoms with van der Waals surface area (Å²) in [5, 5.41) is 3.46. The number of carbonyl (C=O) groups is 3. The van der Waals surface area contributed by atoms with Crippen molar-refractivity contribution in [2.45, 2.75) is 51.0 Å². The van der Waals surface area contributed by atoms with E-state index in [4.69, 9.17) is 11.6 Å². The Morgan fingerprint density at radius 1 is 1.10 bits per heavy atom. The van der Waals surface area contributed by atoms with Gasteiger partial charge in [-0.3, -0.25) is 9.59 Å². The first-order chi connectivity index (χ1) is 15.0. The molecule has 162 valence electrons. The summed E-state index contributed by atoms with van der Waals surface area (Å²) in [6, 6.07) is 14.5. The third kappa shape index (κ3) is 4.38. The molecule has 31 heavy (non-hydrogen) atoms. The summed E-state index contributed by atoms with van der Waals surface area (Å²) in [5.74, 6) is -0.504. The van der Waals surface area contributed by atoms with Gasteiger partial charge in [-0.25, -0.2) is 0 Å². The van der Waals surface area contributed by atoms with Crippen molar-refractivity contribution in [3.05, 3.63) is 64.7 Å². The molecule has 1 heterocycles. The first kappa shape index (κ1) is 21.6. The summed E-state index contributed by atoms with van der Waals surface area (Å²) in [7, 11) is 0. The largest absolute Gasteiger partial charge is 0.345 e. The number of amides is 2. The lowest BCUT2D eigenvalue weighted by molar-refractivity contribution is -0.145. The number of nitrogens with zero attached hydrogens (tertiary/aromatic N) is 1. The van der Waals surface area contributed by atoms with Crippen LogP contribution in [0.1, 0.15) is 43.2 Å². The average molecular weight is 439 g/mol. The summed E-state index contributed by atoms with van der Waals surface area (Å²) in [6.07, 6.45) is 5.56. The van der Waals surface area contributed by atoms with E-state index in [-0.39, 0.29) is 11.8 Å². The molecule has 4 rings (SSSR count). The minimum Gasteiger partial charge on any atom is -0.345 e. The lowest BCUT2D eigenvalue weighted by Gasteiger charge is -2.38. The Bertz CT molecular complexity index is 970. The van der Waals surface area contributed by atoms with Gasteiger partial charge in [0, 0.05) is 17.3 Å². The highest BCUT2D eigenvalue weighted by Gasteiger charge is 2.50. The minimum atomic E-state index is -1.14. The average Bonchev–Trinajstić information content (AvgIpc) is 3.22. The van der Waals surface area contributed by atoms with Crippen molar-refractivity contribution in [3.8, 4) is 0 Å². The second kappa shape index (κ2) is 9.23. The van der Waals surface area contributed by atoms with Crippen LogP contribution in [0.5, 0.6) is 0 Å². The van der Waals surface area contributed by atoms with E-state index < -0.39 is 11.5 Å². The van der Waals surface area contributed by atoms with Crippen molar-refractivity contribution in [3.63, 3.8) is 0 Å². The molecule has 2 aromatic rings. The molecule has 2 amide bonds. The van der Waals surface area contributed by atoms with E-state index in [0.29, 0.717) is 30.8 Å². The first-order valence-corrected chi connectivity index (χ1v) is 11.3. The van der Waals surface area contributed by atoms with Gasteiger partial charge in [0.1, 0.15) is 11.7 Å². The monoisotopic (exact) mass is 438 g/mol. The van der Waals surface area contributed by atoms with Gasteiger partial charge >= 0.3 is 0 Å². The minimum absolute atomic E-state index is 0.171. The molecule has 5 nitrogen and oxygen atoms in total. The van der Waals surface area contributed by atoms with E-state index in [2.05, 4.69) is 5.32 Å². The lowest BCUT2D eigenvalue weighted by Crippen LogP contribution is -2.56. The predicted molar refractivity (Wildman–Crippen MR) is 121 cm³/mol. The molecule has 1 N–H and O–H groups in total. The van der Waals surface area contributed by atoms with Crippen LogP contribution in [0.3, 0.4) is 0 Å². The summed E-state index contributed by atoms with van der Waals surface area (Å²) >= 11 is 6.18. The normalized spacial score (nSPS) is 18.2. The number of nitrogens with one attached hydrogen (secondary N) is 1. The zero-order valence-electron chi connectivity index (χ0n) is 17.5. The quantitative estimate of drug-likeness (QED) is 0.545. The molecule has 1 aliphatic carbocycles. The highest BCUT2D eigenvalue weighted by atomic mass is 35.5. The first-order valence-electron chi connectivity index (χ1n) is 10.9. The molecule has 6 heteroatoms. The Hall–Kier alpha value is -2.66. The van der Waals surface area contributed by atoms with Gasteiger partial charge in [-0.1, -0.05) is 67.3 Å². The topological polar surface area (TPSA) is 66.5 Å². The number of anilines is 1. The Morgan fingerprint density at radius 3 is 2.55 bits per heavy atom. The number of rotatable bonds is 6. The lowest BCUT2D eigenvalue weighted by atomic mass is 9.72. The van der Waals surface area contributed by atoms with Gasteiger partial charge in [0.2, 0.25) is 11.8 Å². The molecule has 2 aromatic carbocycles. The number of fused-ring (bicyclic) bond motifs is 1. The predicted octanol–water partition coefficient (Wildman–Crippen LogP) is 4.11. The number of hydrogen-bond donors (Lipinski definition) is 1. The van der Waals surface area contributed by atoms with Crippen LogP contribution in [0.2, 0.25) is 5.02 Å². The fraction of sp³-hybridized carbons (Fsp3) is 0.400. The highest BCUT2D eigenvalue weighted by molar-refractivity contribution is 6.31. The van der Waals surface area contributed by atoms with E-state index in [0.717, 1.165) is 48.8 Å². The third-order valence-electron chi connectivity index (χ3n) is 6.52.